The third-order valence-electron chi connectivity index (χ3n) is 3.99. The van der Waals surface area contributed by atoms with Crippen LogP contribution in [0.25, 0.3) is 0 Å². The number of thioether (sulfide) groups is 1. The van der Waals surface area contributed by atoms with Gasteiger partial charge in [-0.25, -0.2) is 8.42 Å². The first-order valence-corrected chi connectivity index (χ1v) is 10.2. The van der Waals surface area contributed by atoms with Gasteiger partial charge >= 0.3 is 0 Å². The van der Waals surface area contributed by atoms with Gasteiger partial charge in [0.1, 0.15) is 5.37 Å². The highest BCUT2D eigenvalue weighted by atomic mass is 32.2. The number of ether oxygens (including phenoxy) is 1. The first-order valence-electron chi connectivity index (χ1n) is 7.36. The van der Waals surface area contributed by atoms with Gasteiger partial charge in [-0.05, 0) is 12.8 Å². The molecule has 118 valence electrons. The van der Waals surface area contributed by atoms with Crippen LogP contribution in [0.15, 0.2) is 0 Å². The summed E-state index contributed by atoms with van der Waals surface area (Å²) in [6, 6.07) is 0.780. The SMILES string of the molecule is CCS(=O)(=O)C1CSCCN1C(CNC1CC1)COC. The van der Waals surface area contributed by atoms with E-state index in [0.717, 1.165) is 18.8 Å². The maximum absolute atomic E-state index is 12.3. The number of hydrogen-bond acceptors (Lipinski definition) is 6. The highest BCUT2D eigenvalue weighted by Crippen LogP contribution is 2.24. The van der Waals surface area contributed by atoms with E-state index in [1.165, 1.54) is 12.8 Å². The lowest BCUT2D eigenvalue weighted by atomic mass is 10.2. The number of nitrogens with zero attached hydrogens (tertiary/aromatic N) is 1. The van der Waals surface area contributed by atoms with E-state index < -0.39 is 9.84 Å². The summed E-state index contributed by atoms with van der Waals surface area (Å²) >= 11 is 1.74. The zero-order chi connectivity index (χ0) is 14.6. The van der Waals surface area contributed by atoms with Crippen molar-refractivity contribution >= 4 is 21.6 Å². The monoisotopic (exact) mass is 322 g/mol. The maximum atomic E-state index is 12.3. The van der Waals surface area contributed by atoms with E-state index >= 15 is 0 Å². The molecule has 0 radical (unpaired) electrons. The van der Waals surface area contributed by atoms with Crippen molar-refractivity contribution in [2.75, 3.05) is 44.1 Å². The molecule has 0 aromatic rings. The van der Waals surface area contributed by atoms with Crippen LogP contribution in [0.1, 0.15) is 19.8 Å². The predicted octanol–water partition coefficient (Wildman–Crippen LogP) is 0.563. The molecule has 0 bridgehead atoms. The summed E-state index contributed by atoms with van der Waals surface area (Å²) in [6.45, 7) is 3.97. The molecule has 2 unspecified atom stereocenters. The second-order valence-corrected chi connectivity index (χ2v) is 9.11. The van der Waals surface area contributed by atoms with E-state index in [4.69, 9.17) is 4.74 Å². The molecule has 0 spiro atoms. The number of hydrogen-bond donors (Lipinski definition) is 1. The Morgan fingerprint density at radius 2 is 2.20 bits per heavy atom. The molecule has 1 saturated carbocycles. The lowest BCUT2D eigenvalue weighted by molar-refractivity contribution is 0.0863. The Kier molecular flexibility index (Phi) is 6.16. The van der Waals surface area contributed by atoms with E-state index in [1.54, 1.807) is 25.8 Å². The zero-order valence-electron chi connectivity index (χ0n) is 12.4. The van der Waals surface area contributed by atoms with Crippen molar-refractivity contribution in [2.45, 2.75) is 37.2 Å². The first kappa shape index (κ1) is 16.5. The lowest BCUT2D eigenvalue weighted by Gasteiger charge is -2.40. The Labute approximate surface area is 126 Å². The Balaban J connectivity index is 2.05. The molecule has 1 aliphatic carbocycles. The quantitative estimate of drug-likeness (QED) is 0.705. The average Bonchev–Trinajstić information content (AvgIpc) is 3.27. The minimum Gasteiger partial charge on any atom is -0.383 e. The topological polar surface area (TPSA) is 58.6 Å². The predicted molar refractivity (Wildman–Crippen MR) is 84.0 cm³/mol. The molecule has 1 aliphatic heterocycles. The molecule has 2 rings (SSSR count). The van der Waals surface area contributed by atoms with Crippen molar-refractivity contribution < 1.29 is 13.2 Å². The van der Waals surface area contributed by atoms with Crippen LogP contribution in [0, 0.1) is 0 Å². The third-order valence-corrected chi connectivity index (χ3v) is 7.29. The van der Waals surface area contributed by atoms with Crippen molar-refractivity contribution in [3.8, 4) is 0 Å². The second kappa shape index (κ2) is 7.45. The molecule has 0 amide bonds. The van der Waals surface area contributed by atoms with Gasteiger partial charge in [0.2, 0.25) is 0 Å². The average molecular weight is 322 g/mol. The van der Waals surface area contributed by atoms with Crippen LogP contribution in [0.5, 0.6) is 0 Å². The van der Waals surface area contributed by atoms with E-state index in [1.807, 2.05) is 0 Å². The van der Waals surface area contributed by atoms with Crippen LogP contribution >= 0.6 is 11.8 Å². The Hall–Kier alpha value is 0.180. The number of rotatable bonds is 8. The van der Waals surface area contributed by atoms with Crippen molar-refractivity contribution in [2.24, 2.45) is 0 Å². The molecule has 2 fully saturated rings. The van der Waals surface area contributed by atoms with Gasteiger partial charge in [-0.2, -0.15) is 11.8 Å². The molecule has 0 aromatic carbocycles. The molecule has 2 atom stereocenters. The van der Waals surface area contributed by atoms with Gasteiger partial charge in [0.25, 0.3) is 0 Å². The van der Waals surface area contributed by atoms with Crippen LogP contribution in [0.3, 0.4) is 0 Å². The summed E-state index contributed by atoms with van der Waals surface area (Å²) in [5.74, 6) is 1.89. The molecular formula is C13H26N2O3S2. The van der Waals surface area contributed by atoms with E-state index in [0.29, 0.717) is 18.4 Å². The summed E-state index contributed by atoms with van der Waals surface area (Å²) in [4.78, 5) is 2.15. The molecule has 1 N–H and O–H groups in total. The van der Waals surface area contributed by atoms with Crippen LogP contribution in [-0.2, 0) is 14.6 Å². The Morgan fingerprint density at radius 3 is 2.80 bits per heavy atom. The zero-order valence-corrected chi connectivity index (χ0v) is 14.0. The van der Waals surface area contributed by atoms with Crippen molar-refractivity contribution in [1.82, 2.24) is 10.2 Å². The van der Waals surface area contributed by atoms with Gasteiger partial charge in [0.15, 0.2) is 9.84 Å². The minimum absolute atomic E-state index is 0.146. The largest absolute Gasteiger partial charge is 0.383 e. The lowest BCUT2D eigenvalue weighted by Crippen LogP contribution is -2.56. The van der Waals surface area contributed by atoms with Gasteiger partial charge in [-0.3, -0.25) is 4.90 Å². The van der Waals surface area contributed by atoms with E-state index in [9.17, 15) is 8.42 Å². The smallest absolute Gasteiger partial charge is 0.166 e. The fraction of sp³-hybridized carbons (Fsp3) is 1.00. The highest BCUT2D eigenvalue weighted by molar-refractivity contribution is 8.01. The summed E-state index contributed by atoms with van der Waals surface area (Å²) in [7, 11) is -1.35. The third kappa shape index (κ3) is 4.34. The van der Waals surface area contributed by atoms with Crippen molar-refractivity contribution in [1.29, 1.82) is 0 Å². The molecule has 5 nitrogen and oxygen atoms in total. The standard InChI is InChI=1S/C13H26N2O3S2/c1-3-20(16,17)13-10-19-7-6-15(13)12(9-18-2)8-14-11-4-5-11/h11-14H,3-10H2,1-2H3. The highest BCUT2D eigenvalue weighted by Gasteiger charge is 2.37. The summed E-state index contributed by atoms with van der Waals surface area (Å²) in [5.41, 5.74) is 0. The van der Waals surface area contributed by atoms with Gasteiger partial charge < -0.3 is 10.1 Å². The van der Waals surface area contributed by atoms with Gasteiger partial charge in [-0.15, -0.1) is 0 Å². The van der Waals surface area contributed by atoms with E-state index in [-0.39, 0.29) is 17.2 Å². The first-order chi connectivity index (χ1) is 9.58. The normalized spacial score (nSPS) is 26.6. The molecule has 1 heterocycles. The fourth-order valence-electron chi connectivity index (χ4n) is 2.57. The van der Waals surface area contributed by atoms with Crippen LogP contribution in [0.4, 0.5) is 0 Å². The molecule has 2 aliphatic rings. The Bertz CT molecular complexity index is 398. The molecular weight excluding hydrogens is 296 g/mol. The number of sulfone groups is 1. The fourth-order valence-corrected chi connectivity index (χ4v) is 5.66. The molecule has 1 saturated heterocycles. The van der Waals surface area contributed by atoms with Gasteiger partial charge in [-0.1, -0.05) is 6.92 Å². The van der Waals surface area contributed by atoms with Crippen molar-refractivity contribution in [3.05, 3.63) is 0 Å². The Morgan fingerprint density at radius 1 is 1.45 bits per heavy atom. The van der Waals surface area contributed by atoms with Crippen LogP contribution in [-0.4, -0.2) is 74.8 Å². The van der Waals surface area contributed by atoms with Crippen LogP contribution < -0.4 is 5.32 Å². The van der Waals surface area contributed by atoms with Gasteiger partial charge in [0.05, 0.1) is 6.61 Å². The summed E-state index contributed by atoms with van der Waals surface area (Å²) in [5, 5.41) is 3.15. The molecule has 7 heteroatoms. The summed E-state index contributed by atoms with van der Waals surface area (Å²) in [6.07, 6.45) is 2.48. The minimum atomic E-state index is -3.03. The number of nitrogens with one attached hydrogen (secondary N) is 1. The van der Waals surface area contributed by atoms with Crippen molar-refractivity contribution in [3.63, 3.8) is 0 Å². The summed E-state index contributed by atoms with van der Waals surface area (Å²) < 4.78 is 29.9. The molecule has 20 heavy (non-hydrogen) atoms. The van der Waals surface area contributed by atoms with E-state index in [2.05, 4.69) is 10.2 Å². The maximum Gasteiger partial charge on any atom is 0.166 e. The second-order valence-electron chi connectivity index (χ2n) is 5.51. The van der Waals surface area contributed by atoms with Crippen LogP contribution in [0.2, 0.25) is 0 Å². The molecule has 0 aromatic heterocycles. The number of methoxy groups -OCH3 is 1. The van der Waals surface area contributed by atoms with Gasteiger partial charge in [0, 0.05) is 49.5 Å².